The highest BCUT2D eigenvalue weighted by Gasteiger charge is 2.59. The molecule has 0 amide bonds. The molecule has 8 aromatic carbocycles. The monoisotopic (exact) mass is 964 g/mol. The Bertz CT molecular complexity index is 3610. The SMILES string of the molecule is CC(C)(C)c1ccc2c(c1)C1(C)CCCCC1(C)N2c1cc2c3c(c1)N(c1ccc4c(c1)C(C)(C)c1ccccc1-4)c1cccc4c1B3c1c(cccc1[Si]4(C)C)N2c1ccc2c(c1)C(C)(C)c1ccccc1-2. The molecule has 0 bridgehead atoms. The number of hydrogen-bond acceptors (Lipinski definition) is 3. The molecular weight excluding hydrogens is 898 g/mol. The van der Waals surface area contributed by atoms with E-state index < -0.39 is 8.07 Å². The van der Waals surface area contributed by atoms with E-state index in [1.807, 2.05) is 0 Å². The summed E-state index contributed by atoms with van der Waals surface area (Å²) in [4.78, 5) is 8.30. The molecule has 360 valence electrons. The molecule has 3 nitrogen and oxygen atoms in total. The van der Waals surface area contributed by atoms with Gasteiger partial charge in [-0.3, -0.25) is 0 Å². The van der Waals surface area contributed by atoms with E-state index in [0.29, 0.717) is 0 Å². The normalized spacial score (nSPS) is 22.0. The molecule has 0 saturated heterocycles. The minimum atomic E-state index is -2.23. The summed E-state index contributed by atoms with van der Waals surface area (Å²) in [6, 6.07) is 60.7. The van der Waals surface area contributed by atoms with Gasteiger partial charge in [-0.1, -0.05) is 189 Å². The van der Waals surface area contributed by atoms with Crippen molar-refractivity contribution in [3.8, 4) is 22.3 Å². The molecule has 15 rings (SSSR count). The van der Waals surface area contributed by atoms with Gasteiger partial charge in [0.25, 0.3) is 6.71 Å². The third-order valence-electron chi connectivity index (χ3n) is 20.3. The second kappa shape index (κ2) is 14.0. The Kier molecular flexibility index (Phi) is 8.42. The first-order valence-corrected chi connectivity index (χ1v) is 30.3. The lowest BCUT2D eigenvalue weighted by molar-refractivity contribution is 0.195. The van der Waals surface area contributed by atoms with Crippen LogP contribution in [-0.4, -0.2) is 20.3 Å². The van der Waals surface area contributed by atoms with Crippen LogP contribution < -0.4 is 41.5 Å². The van der Waals surface area contributed by atoms with Gasteiger partial charge in [-0.25, -0.2) is 0 Å². The van der Waals surface area contributed by atoms with Crippen LogP contribution in [0, 0.1) is 0 Å². The van der Waals surface area contributed by atoms with Crippen LogP contribution in [0.1, 0.15) is 121 Å². The highest BCUT2D eigenvalue weighted by atomic mass is 28.3. The number of nitrogens with zero attached hydrogens (tertiary/aromatic N) is 3. The van der Waals surface area contributed by atoms with Crippen LogP contribution in [0.2, 0.25) is 13.1 Å². The Morgan fingerprint density at radius 3 is 1.48 bits per heavy atom. The van der Waals surface area contributed by atoms with Gasteiger partial charge in [-0.2, -0.15) is 0 Å². The molecule has 4 aliphatic heterocycles. The smallest absolute Gasteiger partial charge is 0.251 e. The molecule has 8 aromatic rings. The first-order chi connectivity index (χ1) is 34.9. The topological polar surface area (TPSA) is 9.72 Å². The molecule has 1 fully saturated rings. The van der Waals surface area contributed by atoms with E-state index in [0.717, 1.165) is 6.42 Å². The van der Waals surface area contributed by atoms with E-state index in [1.165, 1.54) is 137 Å². The van der Waals surface area contributed by atoms with Crippen molar-refractivity contribution in [3.05, 3.63) is 185 Å². The zero-order valence-corrected chi connectivity index (χ0v) is 45.7. The number of anilines is 8. The number of fused-ring (bicyclic) bond motifs is 9. The Hall–Kier alpha value is -6.56. The molecule has 4 heterocycles. The van der Waals surface area contributed by atoms with E-state index in [4.69, 9.17) is 0 Å². The maximum Gasteiger partial charge on any atom is 0.251 e. The first-order valence-electron chi connectivity index (χ1n) is 27.3. The fourth-order valence-corrected chi connectivity index (χ4v) is 19.5. The van der Waals surface area contributed by atoms with Crippen molar-refractivity contribution < 1.29 is 0 Å². The molecule has 5 heteroatoms. The number of benzene rings is 8. The Morgan fingerprint density at radius 2 is 0.945 bits per heavy atom. The molecule has 0 spiro atoms. The van der Waals surface area contributed by atoms with Gasteiger partial charge in [0.05, 0.1) is 5.54 Å². The van der Waals surface area contributed by atoms with E-state index in [9.17, 15) is 0 Å². The van der Waals surface area contributed by atoms with Crippen LogP contribution in [0.15, 0.2) is 152 Å². The van der Waals surface area contributed by atoms with Crippen LogP contribution in [-0.2, 0) is 21.7 Å². The zero-order valence-electron chi connectivity index (χ0n) is 44.7. The molecule has 2 unspecified atom stereocenters. The summed E-state index contributed by atoms with van der Waals surface area (Å²) in [6.07, 6.45) is 4.82. The zero-order chi connectivity index (χ0) is 50.1. The van der Waals surface area contributed by atoms with Gasteiger partial charge in [-0.05, 0) is 152 Å². The van der Waals surface area contributed by atoms with Gasteiger partial charge in [0, 0.05) is 61.7 Å². The van der Waals surface area contributed by atoms with E-state index >= 15 is 0 Å². The van der Waals surface area contributed by atoms with Crippen LogP contribution in [0.5, 0.6) is 0 Å². The fourth-order valence-electron chi connectivity index (χ4n) is 16.3. The number of hydrogen-bond donors (Lipinski definition) is 0. The van der Waals surface area contributed by atoms with Gasteiger partial charge in [0.1, 0.15) is 8.07 Å². The molecule has 3 aliphatic carbocycles. The first kappa shape index (κ1) is 44.0. The van der Waals surface area contributed by atoms with Crippen molar-refractivity contribution in [1.29, 1.82) is 0 Å². The van der Waals surface area contributed by atoms with Crippen molar-refractivity contribution in [2.75, 3.05) is 14.7 Å². The van der Waals surface area contributed by atoms with Gasteiger partial charge in [0.15, 0.2) is 0 Å². The maximum atomic E-state index is 2.85. The minimum absolute atomic E-state index is 0.0158. The molecular formula is C68H66BN3Si. The van der Waals surface area contributed by atoms with E-state index in [-0.39, 0.29) is 33.9 Å². The standard InChI is InChI=1S/C68H66BN3Si/c1-64(2,3)41-28-33-54-53(36-41)67(8)34-16-17-35-68(67,9)72(54)44-39-57-61-58(40-44)71(43-30-32-48-46-21-13-15-23-50(46)66(6,7)52(48)38-43)56-25-19-27-60-63(56)69(61)62-55(24-18-26-59(62)73(60,10)11)70(57)42-29-31-47-45-20-12-14-22-49(45)65(4,5)51(47)37-42/h12-15,18-33,36-40H,16-17,34-35H2,1-11H3. The molecule has 7 aliphatic rings. The van der Waals surface area contributed by atoms with Crippen molar-refractivity contribution in [2.24, 2.45) is 0 Å². The summed E-state index contributed by atoms with van der Waals surface area (Å²) < 4.78 is 0. The predicted molar refractivity (Wildman–Crippen MR) is 314 cm³/mol. The number of rotatable bonds is 3. The summed E-state index contributed by atoms with van der Waals surface area (Å²) in [6.45, 7) is 27.4. The van der Waals surface area contributed by atoms with Gasteiger partial charge in [0.2, 0.25) is 0 Å². The summed E-state index contributed by atoms with van der Waals surface area (Å²) >= 11 is 0. The van der Waals surface area contributed by atoms with Crippen molar-refractivity contribution in [2.45, 2.75) is 128 Å². The lowest BCUT2D eigenvalue weighted by Crippen LogP contribution is -2.79. The third kappa shape index (κ3) is 5.32. The van der Waals surface area contributed by atoms with Crippen LogP contribution in [0.25, 0.3) is 22.3 Å². The Labute approximate surface area is 435 Å². The van der Waals surface area contributed by atoms with Crippen LogP contribution in [0.4, 0.5) is 45.5 Å². The molecule has 2 atom stereocenters. The largest absolute Gasteiger partial charge is 0.334 e. The van der Waals surface area contributed by atoms with Crippen molar-refractivity contribution in [3.63, 3.8) is 0 Å². The highest BCUT2D eigenvalue weighted by molar-refractivity contribution is 7.16. The second-order valence-electron chi connectivity index (χ2n) is 26.0. The van der Waals surface area contributed by atoms with Crippen LogP contribution in [0.3, 0.4) is 0 Å². The average molecular weight is 964 g/mol. The Morgan fingerprint density at radius 1 is 0.438 bits per heavy atom. The minimum Gasteiger partial charge on any atom is -0.334 e. The molecule has 1 saturated carbocycles. The van der Waals surface area contributed by atoms with Crippen LogP contribution >= 0.6 is 0 Å². The molecule has 0 N–H and O–H groups in total. The summed E-state index contributed by atoms with van der Waals surface area (Å²) in [7, 11) is -2.23. The lowest BCUT2D eigenvalue weighted by Gasteiger charge is -2.52. The van der Waals surface area contributed by atoms with E-state index in [1.54, 1.807) is 10.4 Å². The second-order valence-corrected chi connectivity index (χ2v) is 30.4. The quantitative estimate of drug-likeness (QED) is 0.163. The summed E-state index contributed by atoms with van der Waals surface area (Å²) in [5.41, 5.74) is 28.5. The van der Waals surface area contributed by atoms with Crippen molar-refractivity contribution >= 4 is 87.0 Å². The molecule has 73 heavy (non-hydrogen) atoms. The molecule has 0 radical (unpaired) electrons. The maximum absolute atomic E-state index is 2.85. The van der Waals surface area contributed by atoms with E-state index in [2.05, 4.69) is 242 Å². The van der Waals surface area contributed by atoms with Gasteiger partial charge in [-0.15, -0.1) is 0 Å². The lowest BCUT2D eigenvalue weighted by atomic mass is 9.33. The Balaban J connectivity index is 1.05. The summed E-state index contributed by atoms with van der Waals surface area (Å²) in [5, 5.41) is 3.14. The third-order valence-corrected chi connectivity index (χ3v) is 23.9. The van der Waals surface area contributed by atoms with Gasteiger partial charge < -0.3 is 14.7 Å². The summed E-state index contributed by atoms with van der Waals surface area (Å²) in [5.74, 6) is 0. The van der Waals surface area contributed by atoms with Crippen molar-refractivity contribution in [1.82, 2.24) is 0 Å². The fraction of sp³-hybridized carbons (Fsp3) is 0.294. The van der Waals surface area contributed by atoms with Gasteiger partial charge >= 0.3 is 0 Å². The molecule has 0 aromatic heterocycles. The highest BCUT2D eigenvalue weighted by Crippen LogP contribution is 2.63. The predicted octanol–water partition coefficient (Wildman–Crippen LogP) is 14.6. The average Bonchev–Trinajstić information content (AvgIpc) is 3.85.